The summed E-state index contributed by atoms with van der Waals surface area (Å²) in [5.41, 5.74) is 1.87. The molecule has 3 rings (SSSR count). The lowest BCUT2D eigenvalue weighted by Gasteiger charge is -2.18. The summed E-state index contributed by atoms with van der Waals surface area (Å²) < 4.78 is 2.02. The molecular weight excluding hydrogens is 350 g/mol. The zero-order valence-electron chi connectivity index (χ0n) is 15.1. The average Bonchev–Trinajstić information content (AvgIpc) is 2.97. The Kier molecular flexibility index (Phi) is 5.52. The van der Waals surface area contributed by atoms with Gasteiger partial charge < -0.3 is 9.88 Å². The summed E-state index contributed by atoms with van der Waals surface area (Å²) in [5, 5.41) is 3.37. The molecule has 0 aliphatic rings. The van der Waals surface area contributed by atoms with Crippen molar-refractivity contribution in [2.45, 2.75) is 39.8 Å². The van der Waals surface area contributed by atoms with Crippen molar-refractivity contribution < 1.29 is 4.79 Å². The van der Waals surface area contributed by atoms with E-state index in [0.717, 1.165) is 23.3 Å². The summed E-state index contributed by atoms with van der Waals surface area (Å²) in [7, 11) is 0. The quantitative estimate of drug-likeness (QED) is 0.719. The summed E-state index contributed by atoms with van der Waals surface area (Å²) in [6, 6.07) is 7.51. The molecule has 0 saturated carbocycles. The molecule has 26 heavy (non-hydrogen) atoms. The minimum atomic E-state index is -0.386. The highest BCUT2D eigenvalue weighted by molar-refractivity contribution is 6.30. The Hall–Kier alpha value is -2.47. The Morgan fingerprint density at radius 2 is 1.88 bits per heavy atom. The van der Waals surface area contributed by atoms with Crippen LogP contribution in [-0.4, -0.2) is 25.4 Å². The molecular formula is C19H22ClN5O. The third-order valence-electron chi connectivity index (χ3n) is 4.12. The molecule has 0 unspecified atom stereocenters. The maximum atomic E-state index is 12.7. The summed E-state index contributed by atoms with van der Waals surface area (Å²) in [6.07, 6.45) is 3.85. The molecule has 3 aromatic rings. The maximum Gasteiger partial charge on any atom is 0.243 e. The van der Waals surface area contributed by atoms with Crippen molar-refractivity contribution in [1.29, 1.82) is 0 Å². The summed E-state index contributed by atoms with van der Waals surface area (Å²) in [6.45, 7) is 6.43. The second-order valence-corrected chi connectivity index (χ2v) is 7.13. The zero-order valence-corrected chi connectivity index (χ0v) is 15.9. The topological polar surface area (TPSA) is 72.7 Å². The molecule has 0 aliphatic carbocycles. The van der Waals surface area contributed by atoms with Gasteiger partial charge in [-0.1, -0.05) is 37.6 Å². The molecule has 1 N–H and O–H groups in total. The van der Waals surface area contributed by atoms with E-state index in [2.05, 4.69) is 29.1 Å². The van der Waals surface area contributed by atoms with Gasteiger partial charge in [0.1, 0.15) is 17.7 Å². The van der Waals surface area contributed by atoms with Crippen molar-refractivity contribution >= 4 is 28.5 Å². The van der Waals surface area contributed by atoms with Crippen LogP contribution in [0, 0.1) is 5.92 Å². The highest BCUT2D eigenvalue weighted by Gasteiger charge is 2.21. The van der Waals surface area contributed by atoms with Gasteiger partial charge in [-0.2, -0.15) is 0 Å². The van der Waals surface area contributed by atoms with E-state index in [1.807, 2.05) is 35.8 Å². The van der Waals surface area contributed by atoms with Crippen molar-refractivity contribution in [1.82, 2.24) is 24.8 Å². The second-order valence-electron chi connectivity index (χ2n) is 6.70. The monoisotopic (exact) mass is 371 g/mol. The van der Waals surface area contributed by atoms with E-state index < -0.39 is 0 Å². The Labute approximate surface area is 157 Å². The predicted molar refractivity (Wildman–Crippen MR) is 102 cm³/mol. The van der Waals surface area contributed by atoms with Crippen molar-refractivity contribution in [3.8, 4) is 0 Å². The highest BCUT2D eigenvalue weighted by Crippen LogP contribution is 2.23. The van der Waals surface area contributed by atoms with E-state index >= 15 is 0 Å². The lowest BCUT2D eigenvalue weighted by molar-refractivity contribution is -0.124. The molecule has 1 atom stereocenters. The molecule has 1 aromatic carbocycles. The first-order valence-electron chi connectivity index (χ1n) is 8.65. The van der Waals surface area contributed by atoms with Crippen molar-refractivity contribution in [3.05, 3.63) is 53.3 Å². The zero-order chi connectivity index (χ0) is 18.7. The van der Waals surface area contributed by atoms with Crippen LogP contribution in [0.4, 0.5) is 0 Å². The number of amides is 1. The number of fused-ring (bicyclic) bond motifs is 1. The average molecular weight is 372 g/mol. The SMILES string of the molecule is CC(C)Cc1nc2ccccc2n1[C@@H](C)C(=O)NCc1ncc(Cl)cn1. The van der Waals surface area contributed by atoms with Crippen LogP contribution in [0.3, 0.4) is 0 Å². The molecule has 0 radical (unpaired) electrons. The number of rotatable bonds is 6. The molecule has 2 heterocycles. The number of hydrogen-bond acceptors (Lipinski definition) is 4. The fraction of sp³-hybridized carbons (Fsp3) is 0.368. The van der Waals surface area contributed by atoms with Crippen LogP contribution in [-0.2, 0) is 17.8 Å². The number of benzene rings is 1. The van der Waals surface area contributed by atoms with Crippen molar-refractivity contribution in [2.24, 2.45) is 5.92 Å². The number of nitrogens with one attached hydrogen (secondary N) is 1. The van der Waals surface area contributed by atoms with Gasteiger partial charge in [-0.25, -0.2) is 15.0 Å². The Bertz CT molecular complexity index is 904. The Morgan fingerprint density at radius 3 is 2.58 bits per heavy atom. The molecule has 2 aromatic heterocycles. The van der Waals surface area contributed by atoms with Gasteiger partial charge in [0.25, 0.3) is 0 Å². The first kappa shape index (κ1) is 18.3. The van der Waals surface area contributed by atoms with Crippen LogP contribution in [0.25, 0.3) is 11.0 Å². The molecule has 0 aliphatic heterocycles. The standard InChI is InChI=1S/C19H22ClN5O/c1-12(2)8-18-24-15-6-4-5-7-16(15)25(18)13(3)19(26)23-11-17-21-9-14(20)10-22-17/h4-7,9-10,12-13H,8,11H2,1-3H3,(H,23,26)/t13-/m0/s1. The molecule has 6 nitrogen and oxygen atoms in total. The van der Waals surface area contributed by atoms with Crippen molar-refractivity contribution in [3.63, 3.8) is 0 Å². The largest absolute Gasteiger partial charge is 0.347 e. The molecule has 1 amide bonds. The Morgan fingerprint density at radius 1 is 1.19 bits per heavy atom. The summed E-state index contributed by atoms with van der Waals surface area (Å²) in [5.74, 6) is 1.79. The number of aromatic nitrogens is 4. The molecule has 0 saturated heterocycles. The van der Waals surface area contributed by atoms with Gasteiger partial charge in [-0.3, -0.25) is 4.79 Å². The van der Waals surface area contributed by atoms with E-state index in [1.165, 1.54) is 12.4 Å². The number of imidazole rings is 1. The van der Waals surface area contributed by atoms with E-state index in [4.69, 9.17) is 16.6 Å². The minimum Gasteiger partial charge on any atom is -0.347 e. The van der Waals surface area contributed by atoms with E-state index in [0.29, 0.717) is 16.8 Å². The Balaban J connectivity index is 1.82. The molecule has 136 valence electrons. The van der Waals surface area contributed by atoms with Gasteiger partial charge in [-0.15, -0.1) is 0 Å². The van der Waals surface area contributed by atoms with E-state index in [9.17, 15) is 4.79 Å². The first-order valence-corrected chi connectivity index (χ1v) is 9.03. The van der Waals surface area contributed by atoms with E-state index in [1.54, 1.807) is 0 Å². The number of para-hydroxylation sites is 2. The van der Waals surface area contributed by atoms with Crippen LogP contribution in [0.5, 0.6) is 0 Å². The fourth-order valence-corrected chi connectivity index (χ4v) is 2.99. The molecule has 7 heteroatoms. The van der Waals surface area contributed by atoms with Gasteiger partial charge in [0.05, 0.1) is 22.6 Å². The fourth-order valence-electron chi connectivity index (χ4n) is 2.90. The van der Waals surface area contributed by atoms with E-state index in [-0.39, 0.29) is 18.5 Å². The summed E-state index contributed by atoms with van der Waals surface area (Å²) in [4.78, 5) is 25.7. The van der Waals surface area contributed by atoms with Crippen LogP contribution in [0.1, 0.15) is 38.5 Å². The number of carbonyl (C=O) groups excluding carboxylic acids is 1. The maximum absolute atomic E-state index is 12.7. The molecule has 0 spiro atoms. The van der Waals surface area contributed by atoms with Crippen LogP contribution < -0.4 is 5.32 Å². The molecule has 0 fully saturated rings. The van der Waals surface area contributed by atoms with Crippen molar-refractivity contribution in [2.75, 3.05) is 0 Å². The first-order chi connectivity index (χ1) is 12.5. The number of carbonyl (C=O) groups is 1. The number of nitrogens with zero attached hydrogens (tertiary/aromatic N) is 4. The lowest BCUT2D eigenvalue weighted by Crippen LogP contribution is -2.32. The van der Waals surface area contributed by atoms with Gasteiger partial charge in [0.2, 0.25) is 5.91 Å². The van der Waals surface area contributed by atoms with Crippen LogP contribution >= 0.6 is 11.6 Å². The third-order valence-corrected chi connectivity index (χ3v) is 4.32. The smallest absolute Gasteiger partial charge is 0.243 e. The van der Waals surface area contributed by atoms with Crippen LogP contribution in [0.15, 0.2) is 36.7 Å². The normalized spacial score (nSPS) is 12.5. The predicted octanol–water partition coefficient (Wildman–Crippen LogP) is 3.56. The highest BCUT2D eigenvalue weighted by atomic mass is 35.5. The third kappa shape index (κ3) is 4.02. The van der Waals surface area contributed by atoms with Gasteiger partial charge >= 0.3 is 0 Å². The lowest BCUT2D eigenvalue weighted by atomic mass is 10.1. The van der Waals surface area contributed by atoms with Gasteiger partial charge in [0.15, 0.2) is 0 Å². The minimum absolute atomic E-state index is 0.100. The van der Waals surface area contributed by atoms with Gasteiger partial charge in [-0.05, 0) is 25.0 Å². The second kappa shape index (κ2) is 7.83. The number of hydrogen-bond donors (Lipinski definition) is 1. The van der Waals surface area contributed by atoms with Gasteiger partial charge in [0, 0.05) is 18.8 Å². The number of halogens is 1. The van der Waals surface area contributed by atoms with Crippen LogP contribution in [0.2, 0.25) is 5.02 Å². The summed E-state index contributed by atoms with van der Waals surface area (Å²) >= 11 is 5.78. The molecule has 0 bridgehead atoms.